The molecular weight excluding hydrogens is 330 g/mol. The molecule has 1 aliphatic heterocycles. The van der Waals surface area contributed by atoms with Crippen LogP contribution in [0.15, 0.2) is 42.7 Å². The number of likely N-dealkylation sites (tertiary alicyclic amines) is 1. The number of nitrogens with zero attached hydrogens (tertiary/aromatic N) is 5. The molecule has 1 aliphatic rings. The molecule has 0 bridgehead atoms. The van der Waals surface area contributed by atoms with Crippen molar-refractivity contribution in [3.8, 4) is 0 Å². The molecule has 4 rings (SSSR count). The number of rotatable bonds is 5. The highest BCUT2D eigenvalue weighted by molar-refractivity contribution is 7.05. The Morgan fingerprint density at radius 2 is 2.08 bits per heavy atom. The van der Waals surface area contributed by atoms with Gasteiger partial charge in [-0.05, 0) is 43.4 Å². The number of hydrogen-bond donors (Lipinski definition) is 0. The van der Waals surface area contributed by atoms with E-state index in [2.05, 4.69) is 55.6 Å². The van der Waals surface area contributed by atoms with Gasteiger partial charge in [-0.25, -0.2) is 4.98 Å². The molecule has 25 heavy (non-hydrogen) atoms. The lowest BCUT2D eigenvalue weighted by atomic mass is 9.97. The molecule has 2 aromatic heterocycles. The van der Waals surface area contributed by atoms with Crippen molar-refractivity contribution in [1.82, 2.24) is 24.0 Å². The summed E-state index contributed by atoms with van der Waals surface area (Å²) in [6.07, 6.45) is 6.48. The summed E-state index contributed by atoms with van der Waals surface area (Å²) in [7, 11) is 0. The largest absolute Gasteiger partial charge is 0.330 e. The Balaban J connectivity index is 1.47. The lowest BCUT2D eigenvalue weighted by Gasteiger charge is -2.32. The molecule has 0 aliphatic carbocycles. The van der Waals surface area contributed by atoms with Crippen molar-refractivity contribution in [1.29, 1.82) is 0 Å². The molecule has 130 valence electrons. The Morgan fingerprint density at radius 3 is 2.88 bits per heavy atom. The van der Waals surface area contributed by atoms with Crippen LogP contribution in [-0.4, -0.2) is 37.1 Å². The summed E-state index contributed by atoms with van der Waals surface area (Å²) in [5.41, 5.74) is 2.39. The average Bonchev–Trinajstić information content (AvgIpc) is 3.26. The molecule has 1 fully saturated rings. The molecule has 6 heteroatoms. The van der Waals surface area contributed by atoms with E-state index in [1.165, 1.54) is 40.6 Å². The molecule has 3 heterocycles. The molecule has 0 spiro atoms. The molecule has 0 saturated carbocycles. The maximum Gasteiger partial charge on any atom is 0.113 e. The van der Waals surface area contributed by atoms with Crippen LogP contribution < -0.4 is 0 Å². The van der Waals surface area contributed by atoms with Crippen molar-refractivity contribution in [3.63, 3.8) is 0 Å². The van der Waals surface area contributed by atoms with Gasteiger partial charge in [0.2, 0.25) is 0 Å². The minimum Gasteiger partial charge on any atom is -0.330 e. The Morgan fingerprint density at radius 1 is 1.20 bits per heavy atom. The quantitative estimate of drug-likeness (QED) is 0.705. The number of imidazole rings is 1. The zero-order valence-corrected chi connectivity index (χ0v) is 15.3. The molecular formula is C19H23N5S. The lowest BCUT2D eigenvalue weighted by molar-refractivity contribution is 0.196. The number of aryl methyl sites for hydroxylation is 1. The second kappa shape index (κ2) is 7.45. The Labute approximate surface area is 152 Å². The van der Waals surface area contributed by atoms with E-state index in [1.54, 1.807) is 0 Å². The van der Waals surface area contributed by atoms with E-state index >= 15 is 0 Å². The van der Waals surface area contributed by atoms with Gasteiger partial charge in [0.1, 0.15) is 5.82 Å². The fourth-order valence-electron chi connectivity index (χ4n) is 3.60. The van der Waals surface area contributed by atoms with Gasteiger partial charge in [0.05, 0.1) is 10.6 Å². The van der Waals surface area contributed by atoms with Crippen LogP contribution >= 0.6 is 11.5 Å². The highest BCUT2D eigenvalue weighted by Crippen LogP contribution is 2.28. The zero-order valence-electron chi connectivity index (χ0n) is 14.5. The van der Waals surface area contributed by atoms with Crippen molar-refractivity contribution >= 4 is 11.5 Å². The smallest absolute Gasteiger partial charge is 0.113 e. The number of aromatic nitrogens is 4. The second-order valence-corrected chi connectivity index (χ2v) is 7.59. The first-order valence-electron chi connectivity index (χ1n) is 8.85. The molecule has 0 unspecified atom stereocenters. The van der Waals surface area contributed by atoms with Gasteiger partial charge in [-0.3, -0.25) is 4.90 Å². The monoisotopic (exact) mass is 353 g/mol. The van der Waals surface area contributed by atoms with Crippen LogP contribution in [0.4, 0.5) is 0 Å². The van der Waals surface area contributed by atoms with E-state index in [1.807, 2.05) is 13.1 Å². The van der Waals surface area contributed by atoms with E-state index in [9.17, 15) is 0 Å². The van der Waals surface area contributed by atoms with E-state index in [4.69, 9.17) is 4.98 Å². The number of benzene rings is 1. The first-order chi connectivity index (χ1) is 12.3. The van der Waals surface area contributed by atoms with Gasteiger partial charge in [-0.2, -0.15) is 0 Å². The van der Waals surface area contributed by atoms with E-state index in [0.29, 0.717) is 5.92 Å². The molecule has 1 aromatic carbocycles. The first kappa shape index (κ1) is 16.4. The van der Waals surface area contributed by atoms with Crippen molar-refractivity contribution in [2.75, 3.05) is 13.1 Å². The molecule has 1 saturated heterocycles. The van der Waals surface area contributed by atoms with Crippen LogP contribution in [0.3, 0.4) is 0 Å². The molecule has 5 nitrogen and oxygen atoms in total. The summed E-state index contributed by atoms with van der Waals surface area (Å²) in [6.45, 7) is 6.10. The van der Waals surface area contributed by atoms with Crippen LogP contribution in [-0.2, 0) is 13.1 Å². The van der Waals surface area contributed by atoms with E-state index in [-0.39, 0.29) is 0 Å². The van der Waals surface area contributed by atoms with Gasteiger partial charge in [0.25, 0.3) is 0 Å². The molecule has 3 aromatic rings. The topological polar surface area (TPSA) is 46.8 Å². The second-order valence-electron chi connectivity index (χ2n) is 6.75. The molecule has 0 amide bonds. The van der Waals surface area contributed by atoms with Crippen molar-refractivity contribution in [2.24, 2.45) is 0 Å². The van der Waals surface area contributed by atoms with E-state index in [0.717, 1.165) is 31.9 Å². The molecule has 0 radical (unpaired) electrons. The van der Waals surface area contributed by atoms with Gasteiger partial charge < -0.3 is 4.57 Å². The van der Waals surface area contributed by atoms with Crippen molar-refractivity contribution in [2.45, 2.75) is 38.8 Å². The third-order valence-electron chi connectivity index (χ3n) is 4.93. The fourth-order valence-corrected chi connectivity index (χ4v) is 4.28. The summed E-state index contributed by atoms with van der Waals surface area (Å²) in [4.78, 5) is 8.51. The minimum absolute atomic E-state index is 0.494. The third-order valence-corrected chi connectivity index (χ3v) is 5.73. The summed E-state index contributed by atoms with van der Waals surface area (Å²) in [6, 6.07) is 10.6. The van der Waals surface area contributed by atoms with Crippen LogP contribution in [0, 0.1) is 6.92 Å². The normalized spacial score (nSPS) is 18.5. The summed E-state index contributed by atoms with van der Waals surface area (Å²) in [5, 5.41) is 4.14. The number of hydrogen-bond acceptors (Lipinski definition) is 5. The zero-order chi connectivity index (χ0) is 17.1. The summed E-state index contributed by atoms with van der Waals surface area (Å²) < 4.78 is 6.37. The minimum atomic E-state index is 0.494. The third kappa shape index (κ3) is 3.80. The average molecular weight is 353 g/mol. The molecule has 1 atom stereocenters. The Bertz CT molecular complexity index is 810. The maximum absolute atomic E-state index is 4.70. The van der Waals surface area contributed by atoms with Crippen LogP contribution in [0.5, 0.6) is 0 Å². The number of piperidine rings is 1. The van der Waals surface area contributed by atoms with Gasteiger partial charge in [0, 0.05) is 37.9 Å². The highest BCUT2D eigenvalue weighted by Gasteiger charge is 2.25. The maximum atomic E-state index is 4.70. The highest BCUT2D eigenvalue weighted by atomic mass is 32.1. The fraction of sp³-hybridized carbons (Fsp3) is 0.421. The predicted molar refractivity (Wildman–Crippen MR) is 99.7 cm³/mol. The molecule has 0 N–H and O–H groups in total. The van der Waals surface area contributed by atoms with Crippen LogP contribution in [0.2, 0.25) is 0 Å². The van der Waals surface area contributed by atoms with Gasteiger partial charge in [-0.15, -0.1) is 5.10 Å². The SMILES string of the molecule is Cc1nnsc1CN1CCC[C@@H](c2nccn2Cc2ccccc2)C1. The Kier molecular flexibility index (Phi) is 4.90. The lowest BCUT2D eigenvalue weighted by Crippen LogP contribution is -2.34. The van der Waals surface area contributed by atoms with E-state index < -0.39 is 0 Å². The summed E-state index contributed by atoms with van der Waals surface area (Å²) >= 11 is 1.52. The first-order valence-corrected chi connectivity index (χ1v) is 9.62. The van der Waals surface area contributed by atoms with Crippen LogP contribution in [0.25, 0.3) is 0 Å². The summed E-state index contributed by atoms with van der Waals surface area (Å²) in [5.74, 6) is 1.71. The predicted octanol–water partition coefficient (Wildman–Crippen LogP) is 3.47. The Hall–Kier alpha value is -2.05. The standard InChI is InChI=1S/C19H23N5S/c1-15-18(25-22-21-15)14-23-10-5-8-17(13-23)19-20-9-11-24(19)12-16-6-3-2-4-7-16/h2-4,6-7,9,11,17H,5,8,10,12-14H2,1H3/t17-/m1/s1. The van der Waals surface area contributed by atoms with Crippen molar-refractivity contribution < 1.29 is 0 Å². The van der Waals surface area contributed by atoms with Crippen LogP contribution in [0.1, 0.15) is 40.7 Å². The van der Waals surface area contributed by atoms with Gasteiger partial charge >= 0.3 is 0 Å². The van der Waals surface area contributed by atoms with Crippen molar-refractivity contribution in [3.05, 3.63) is 64.7 Å². The van der Waals surface area contributed by atoms with Gasteiger partial charge in [-0.1, -0.05) is 34.8 Å². The van der Waals surface area contributed by atoms with Gasteiger partial charge in [0.15, 0.2) is 0 Å².